The van der Waals surface area contributed by atoms with Crippen molar-refractivity contribution in [1.82, 2.24) is 4.90 Å². The Morgan fingerprint density at radius 2 is 1.88 bits per heavy atom. The summed E-state index contributed by atoms with van der Waals surface area (Å²) in [5.74, 6) is 0. The van der Waals surface area contributed by atoms with E-state index in [2.05, 4.69) is 38.8 Å². The number of hydrogen-bond acceptors (Lipinski definition) is 3. The van der Waals surface area contributed by atoms with Crippen LogP contribution in [0.1, 0.15) is 33.6 Å². The van der Waals surface area contributed by atoms with Gasteiger partial charge in [0.05, 0.1) is 6.10 Å². The zero-order valence-corrected chi connectivity index (χ0v) is 12.6. The van der Waals surface area contributed by atoms with Crippen molar-refractivity contribution in [3.63, 3.8) is 0 Å². The molecular formula is C12H27NO2Si. The zero-order valence-electron chi connectivity index (χ0n) is 11.6. The molecule has 3 nitrogen and oxygen atoms in total. The summed E-state index contributed by atoms with van der Waals surface area (Å²) in [7, 11) is 0.264. The van der Waals surface area contributed by atoms with Gasteiger partial charge in [0.1, 0.15) is 6.23 Å². The summed E-state index contributed by atoms with van der Waals surface area (Å²) < 4.78 is 6.28. The van der Waals surface area contributed by atoms with Crippen molar-refractivity contribution in [1.29, 1.82) is 0 Å². The molecule has 1 aliphatic heterocycles. The fraction of sp³-hybridized carbons (Fsp3) is 1.00. The molecule has 0 radical (unpaired) electrons. The highest BCUT2D eigenvalue weighted by atomic mass is 28.4. The predicted octanol–water partition coefficient (Wildman–Crippen LogP) is 2.42. The van der Waals surface area contributed by atoms with Crippen LogP contribution in [0.3, 0.4) is 0 Å². The van der Waals surface area contributed by atoms with E-state index in [1.54, 1.807) is 0 Å². The number of aliphatic hydroxyl groups is 1. The average molecular weight is 245 g/mol. The minimum atomic E-state index is -1.78. The topological polar surface area (TPSA) is 32.7 Å². The van der Waals surface area contributed by atoms with Gasteiger partial charge in [0.15, 0.2) is 8.32 Å². The van der Waals surface area contributed by atoms with Crippen molar-refractivity contribution < 1.29 is 9.53 Å². The van der Waals surface area contributed by atoms with Gasteiger partial charge in [-0.05, 0) is 38.0 Å². The molecule has 1 rings (SSSR count). The third-order valence-electron chi connectivity index (χ3n) is 4.00. The molecule has 1 fully saturated rings. The molecule has 0 spiro atoms. The monoisotopic (exact) mass is 245 g/mol. The summed E-state index contributed by atoms with van der Waals surface area (Å²) in [6.07, 6.45) is 1.50. The van der Waals surface area contributed by atoms with Crippen LogP contribution in [0.25, 0.3) is 0 Å². The Morgan fingerprint density at radius 3 is 2.31 bits per heavy atom. The van der Waals surface area contributed by atoms with Crippen LogP contribution >= 0.6 is 0 Å². The molecule has 16 heavy (non-hydrogen) atoms. The standard InChI is InChI=1S/C12H27NO2Si/c1-12(2,3)16(5,6)15-11-10(14)8-7-9-13(11)4/h10-11,14H,7-9H2,1-6H3. The van der Waals surface area contributed by atoms with E-state index in [1.165, 1.54) is 0 Å². The lowest BCUT2D eigenvalue weighted by atomic mass is 10.1. The van der Waals surface area contributed by atoms with Gasteiger partial charge in [-0.15, -0.1) is 0 Å². The number of rotatable bonds is 2. The lowest BCUT2D eigenvalue weighted by Crippen LogP contribution is -2.55. The van der Waals surface area contributed by atoms with E-state index in [4.69, 9.17) is 4.43 Å². The van der Waals surface area contributed by atoms with E-state index in [9.17, 15) is 5.11 Å². The molecule has 1 heterocycles. The van der Waals surface area contributed by atoms with Crippen LogP contribution < -0.4 is 0 Å². The first-order chi connectivity index (χ1) is 7.15. The molecule has 2 atom stereocenters. The molecule has 0 aromatic rings. The highest BCUT2D eigenvalue weighted by Crippen LogP contribution is 2.38. The maximum Gasteiger partial charge on any atom is 0.194 e. The van der Waals surface area contributed by atoms with Gasteiger partial charge in [-0.25, -0.2) is 0 Å². The molecule has 1 saturated heterocycles. The van der Waals surface area contributed by atoms with E-state index in [0.717, 1.165) is 19.4 Å². The van der Waals surface area contributed by atoms with Crippen LogP contribution in [-0.2, 0) is 4.43 Å². The van der Waals surface area contributed by atoms with Gasteiger partial charge in [-0.1, -0.05) is 20.8 Å². The lowest BCUT2D eigenvalue weighted by molar-refractivity contribution is -0.0872. The molecule has 0 aromatic carbocycles. The van der Waals surface area contributed by atoms with Crippen LogP contribution in [0.2, 0.25) is 18.1 Å². The summed E-state index contributed by atoms with van der Waals surface area (Å²) in [6, 6.07) is 0. The molecule has 4 heteroatoms. The Hall–Kier alpha value is 0.0969. The highest BCUT2D eigenvalue weighted by Gasteiger charge is 2.42. The van der Waals surface area contributed by atoms with Crippen molar-refractivity contribution in [2.45, 2.75) is 64.1 Å². The Morgan fingerprint density at radius 1 is 1.31 bits per heavy atom. The molecular weight excluding hydrogens is 218 g/mol. The quantitative estimate of drug-likeness (QED) is 0.758. The van der Waals surface area contributed by atoms with Crippen LogP contribution in [0.5, 0.6) is 0 Å². The fourth-order valence-electron chi connectivity index (χ4n) is 1.76. The van der Waals surface area contributed by atoms with Crippen molar-refractivity contribution in [2.75, 3.05) is 13.6 Å². The third-order valence-corrected chi connectivity index (χ3v) is 8.44. The smallest absolute Gasteiger partial charge is 0.194 e. The average Bonchev–Trinajstić information content (AvgIpc) is 2.10. The molecule has 0 aliphatic carbocycles. The summed E-state index contributed by atoms with van der Waals surface area (Å²) in [5, 5.41) is 10.2. The second-order valence-electron chi connectivity index (χ2n) is 6.46. The van der Waals surface area contributed by atoms with Gasteiger partial charge in [0.25, 0.3) is 0 Å². The van der Waals surface area contributed by atoms with E-state index < -0.39 is 8.32 Å². The van der Waals surface area contributed by atoms with E-state index in [1.807, 2.05) is 7.05 Å². The van der Waals surface area contributed by atoms with E-state index >= 15 is 0 Å². The van der Waals surface area contributed by atoms with E-state index in [0.29, 0.717) is 0 Å². The number of likely N-dealkylation sites (N-methyl/N-ethyl adjacent to an activating group) is 1. The Labute approximate surface area is 101 Å². The normalized spacial score (nSPS) is 29.4. The lowest BCUT2D eigenvalue weighted by Gasteiger charge is -2.45. The maximum atomic E-state index is 10.0. The van der Waals surface area contributed by atoms with Crippen LogP contribution in [0, 0.1) is 0 Å². The third kappa shape index (κ3) is 3.06. The zero-order chi connectivity index (χ0) is 12.6. The van der Waals surface area contributed by atoms with Gasteiger partial charge in [0, 0.05) is 6.54 Å². The first kappa shape index (κ1) is 14.2. The number of nitrogens with zero attached hydrogens (tertiary/aromatic N) is 1. The second kappa shape index (κ2) is 4.76. The maximum absolute atomic E-state index is 10.0. The molecule has 0 aromatic heterocycles. The largest absolute Gasteiger partial charge is 0.399 e. The van der Waals surface area contributed by atoms with Gasteiger partial charge >= 0.3 is 0 Å². The number of hydrogen-bond donors (Lipinski definition) is 1. The Balaban J connectivity index is 2.71. The van der Waals surface area contributed by atoms with Crippen LogP contribution in [-0.4, -0.2) is 44.2 Å². The SMILES string of the molecule is CN1CCCC(O)C1O[Si](C)(C)C(C)(C)C. The summed E-state index contributed by atoms with van der Waals surface area (Å²) in [6.45, 7) is 12.2. The molecule has 1 aliphatic rings. The van der Waals surface area contributed by atoms with Crippen molar-refractivity contribution in [3.05, 3.63) is 0 Å². The predicted molar refractivity (Wildman–Crippen MR) is 69.9 cm³/mol. The molecule has 0 saturated carbocycles. The van der Waals surface area contributed by atoms with Crippen LogP contribution in [0.15, 0.2) is 0 Å². The number of likely N-dealkylation sites (tertiary alicyclic amines) is 1. The molecule has 0 amide bonds. The molecule has 1 N–H and O–H groups in total. The number of piperidine rings is 1. The highest BCUT2D eigenvalue weighted by molar-refractivity contribution is 6.74. The van der Waals surface area contributed by atoms with Gasteiger partial charge in [-0.2, -0.15) is 0 Å². The summed E-state index contributed by atoms with van der Waals surface area (Å²) in [5.41, 5.74) is 0. The van der Waals surface area contributed by atoms with Gasteiger partial charge in [0.2, 0.25) is 0 Å². The fourth-order valence-corrected chi connectivity index (χ4v) is 3.05. The first-order valence-corrected chi connectivity index (χ1v) is 9.12. The first-order valence-electron chi connectivity index (χ1n) is 6.21. The van der Waals surface area contributed by atoms with Gasteiger partial charge in [-0.3, -0.25) is 4.90 Å². The minimum absolute atomic E-state index is 0.102. The Kier molecular flexibility index (Phi) is 4.22. The minimum Gasteiger partial charge on any atom is -0.399 e. The van der Waals surface area contributed by atoms with Crippen molar-refractivity contribution in [2.24, 2.45) is 0 Å². The number of aliphatic hydroxyl groups excluding tert-OH is 1. The van der Waals surface area contributed by atoms with Crippen LogP contribution in [0.4, 0.5) is 0 Å². The molecule has 2 unspecified atom stereocenters. The summed E-state index contributed by atoms with van der Waals surface area (Å²) >= 11 is 0. The van der Waals surface area contributed by atoms with Crippen molar-refractivity contribution >= 4 is 8.32 Å². The summed E-state index contributed by atoms with van der Waals surface area (Å²) in [4.78, 5) is 2.15. The molecule has 96 valence electrons. The molecule has 0 bridgehead atoms. The Bertz CT molecular complexity index is 228. The van der Waals surface area contributed by atoms with E-state index in [-0.39, 0.29) is 17.4 Å². The second-order valence-corrected chi connectivity index (χ2v) is 11.2. The van der Waals surface area contributed by atoms with Gasteiger partial charge < -0.3 is 9.53 Å². The van der Waals surface area contributed by atoms with Crippen molar-refractivity contribution in [3.8, 4) is 0 Å².